The maximum absolute atomic E-state index is 10.1. The standard InChI is InChI=1S/C11H21NO2/c13-11(4-7-14-8-5-11)9-12-6-3-10-1-2-10/h10,12-13H,1-9H2. The molecule has 0 aromatic rings. The third-order valence-corrected chi connectivity index (χ3v) is 3.30. The molecule has 0 bridgehead atoms. The van der Waals surface area contributed by atoms with Crippen LogP contribution < -0.4 is 5.32 Å². The van der Waals surface area contributed by atoms with Crippen LogP contribution in [0.1, 0.15) is 32.1 Å². The Morgan fingerprint density at radius 3 is 2.64 bits per heavy atom. The van der Waals surface area contributed by atoms with Gasteiger partial charge >= 0.3 is 0 Å². The number of rotatable bonds is 5. The van der Waals surface area contributed by atoms with Crippen LogP contribution in [0.4, 0.5) is 0 Å². The van der Waals surface area contributed by atoms with Crippen LogP contribution in [-0.2, 0) is 4.74 Å². The van der Waals surface area contributed by atoms with E-state index in [1.54, 1.807) is 0 Å². The summed E-state index contributed by atoms with van der Waals surface area (Å²) in [7, 11) is 0. The maximum Gasteiger partial charge on any atom is 0.0815 e. The third kappa shape index (κ3) is 3.23. The molecule has 14 heavy (non-hydrogen) atoms. The predicted molar refractivity (Wildman–Crippen MR) is 55.2 cm³/mol. The Morgan fingerprint density at radius 2 is 2.00 bits per heavy atom. The molecule has 0 aromatic carbocycles. The summed E-state index contributed by atoms with van der Waals surface area (Å²) in [5.74, 6) is 0.979. The minimum absolute atomic E-state index is 0.498. The van der Waals surface area contributed by atoms with Gasteiger partial charge in [-0.2, -0.15) is 0 Å². The first-order chi connectivity index (χ1) is 6.79. The SMILES string of the molecule is OC1(CNCCC2CC2)CCOCC1. The molecule has 0 unspecified atom stereocenters. The van der Waals surface area contributed by atoms with Crippen molar-refractivity contribution in [2.24, 2.45) is 5.92 Å². The molecule has 1 aliphatic carbocycles. The van der Waals surface area contributed by atoms with Gasteiger partial charge in [0.1, 0.15) is 0 Å². The molecular weight excluding hydrogens is 178 g/mol. The average molecular weight is 199 g/mol. The van der Waals surface area contributed by atoms with Crippen molar-refractivity contribution in [2.75, 3.05) is 26.3 Å². The van der Waals surface area contributed by atoms with Crippen molar-refractivity contribution in [3.05, 3.63) is 0 Å². The quantitative estimate of drug-likeness (QED) is 0.647. The predicted octanol–water partition coefficient (Wildman–Crippen LogP) is 0.918. The monoisotopic (exact) mass is 199 g/mol. The normalized spacial score (nSPS) is 26.4. The summed E-state index contributed by atoms with van der Waals surface area (Å²) >= 11 is 0. The highest BCUT2D eigenvalue weighted by Crippen LogP contribution is 2.31. The lowest BCUT2D eigenvalue weighted by Gasteiger charge is -2.32. The summed E-state index contributed by atoms with van der Waals surface area (Å²) in [5.41, 5.74) is -0.498. The second-order valence-electron chi connectivity index (χ2n) is 4.75. The molecule has 2 N–H and O–H groups in total. The van der Waals surface area contributed by atoms with E-state index >= 15 is 0 Å². The molecule has 3 nitrogen and oxygen atoms in total. The molecule has 3 heteroatoms. The summed E-state index contributed by atoms with van der Waals surface area (Å²) in [6.07, 6.45) is 5.68. The number of aliphatic hydroxyl groups is 1. The minimum Gasteiger partial charge on any atom is -0.388 e. The lowest BCUT2D eigenvalue weighted by molar-refractivity contribution is -0.0614. The Kier molecular flexibility index (Phi) is 3.42. The molecule has 2 rings (SSSR count). The Balaban J connectivity index is 1.57. The molecule has 1 heterocycles. The molecule has 0 radical (unpaired) electrons. The van der Waals surface area contributed by atoms with Gasteiger partial charge < -0.3 is 15.2 Å². The first kappa shape index (κ1) is 10.4. The van der Waals surface area contributed by atoms with Crippen LogP contribution >= 0.6 is 0 Å². The van der Waals surface area contributed by atoms with E-state index in [9.17, 15) is 5.11 Å². The van der Waals surface area contributed by atoms with Crippen molar-refractivity contribution < 1.29 is 9.84 Å². The second-order valence-corrected chi connectivity index (χ2v) is 4.75. The molecule has 0 atom stereocenters. The van der Waals surface area contributed by atoms with E-state index < -0.39 is 5.60 Å². The van der Waals surface area contributed by atoms with Crippen LogP contribution in [0.5, 0.6) is 0 Å². The fourth-order valence-electron chi connectivity index (χ4n) is 1.96. The summed E-state index contributed by atoms with van der Waals surface area (Å²) in [6.45, 7) is 3.22. The van der Waals surface area contributed by atoms with Gasteiger partial charge in [-0.25, -0.2) is 0 Å². The molecule has 0 amide bonds. The van der Waals surface area contributed by atoms with Crippen molar-refractivity contribution in [1.82, 2.24) is 5.32 Å². The van der Waals surface area contributed by atoms with Gasteiger partial charge in [0.2, 0.25) is 0 Å². The number of hydrogen-bond donors (Lipinski definition) is 2. The van der Waals surface area contributed by atoms with Crippen LogP contribution in [0.3, 0.4) is 0 Å². The molecule has 1 saturated carbocycles. The zero-order valence-electron chi connectivity index (χ0n) is 8.80. The topological polar surface area (TPSA) is 41.5 Å². The van der Waals surface area contributed by atoms with Gasteiger partial charge in [0.15, 0.2) is 0 Å². The fourth-order valence-corrected chi connectivity index (χ4v) is 1.96. The van der Waals surface area contributed by atoms with Crippen molar-refractivity contribution in [3.63, 3.8) is 0 Å². The van der Waals surface area contributed by atoms with Gasteiger partial charge in [-0.1, -0.05) is 12.8 Å². The Labute approximate surface area is 85.8 Å². The molecule has 82 valence electrons. The summed E-state index contributed by atoms with van der Waals surface area (Å²) in [5, 5.41) is 13.5. The molecule has 0 aromatic heterocycles. The molecule has 2 fully saturated rings. The van der Waals surface area contributed by atoms with Crippen LogP contribution in [0.2, 0.25) is 0 Å². The lowest BCUT2D eigenvalue weighted by atomic mass is 9.94. The van der Waals surface area contributed by atoms with Gasteiger partial charge in [0, 0.05) is 32.6 Å². The molecule has 0 spiro atoms. The van der Waals surface area contributed by atoms with Crippen molar-refractivity contribution >= 4 is 0 Å². The third-order valence-electron chi connectivity index (χ3n) is 3.30. The Hall–Kier alpha value is -0.120. The highest BCUT2D eigenvalue weighted by Gasteiger charge is 2.29. The van der Waals surface area contributed by atoms with Gasteiger partial charge in [0.25, 0.3) is 0 Å². The van der Waals surface area contributed by atoms with Crippen LogP contribution in [0.15, 0.2) is 0 Å². The Bertz CT molecular complexity index is 174. The Morgan fingerprint density at radius 1 is 1.29 bits per heavy atom. The van der Waals surface area contributed by atoms with Crippen molar-refractivity contribution in [1.29, 1.82) is 0 Å². The summed E-state index contributed by atoms with van der Waals surface area (Å²) < 4.78 is 5.23. The smallest absolute Gasteiger partial charge is 0.0815 e. The first-order valence-corrected chi connectivity index (χ1v) is 5.79. The van der Waals surface area contributed by atoms with Gasteiger partial charge in [-0.3, -0.25) is 0 Å². The van der Waals surface area contributed by atoms with Crippen molar-refractivity contribution in [3.8, 4) is 0 Å². The first-order valence-electron chi connectivity index (χ1n) is 5.79. The summed E-state index contributed by atoms with van der Waals surface area (Å²) in [6, 6.07) is 0. The van der Waals surface area contributed by atoms with Gasteiger partial charge in [-0.15, -0.1) is 0 Å². The van der Waals surface area contributed by atoms with E-state index in [1.807, 2.05) is 0 Å². The van der Waals surface area contributed by atoms with Crippen LogP contribution in [0, 0.1) is 5.92 Å². The highest BCUT2D eigenvalue weighted by molar-refractivity contribution is 4.83. The number of nitrogens with one attached hydrogen (secondary N) is 1. The largest absolute Gasteiger partial charge is 0.388 e. The number of hydrogen-bond acceptors (Lipinski definition) is 3. The van der Waals surface area contributed by atoms with Crippen LogP contribution in [0.25, 0.3) is 0 Å². The molecule has 1 saturated heterocycles. The number of ether oxygens (including phenoxy) is 1. The molecule has 2 aliphatic rings. The average Bonchev–Trinajstić information content (AvgIpc) is 2.97. The van der Waals surface area contributed by atoms with Gasteiger partial charge in [0.05, 0.1) is 5.60 Å². The fraction of sp³-hybridized carbons (Fsp3) is 1.00. The molecular formula is C11H21NO2. The van der Waals surface area contributed by atoms with E-state index in [-0.39, 0.29) is 0 Å². The lowest BCUT2D eigenvalue weighted by Crippen LogP contribution is -2.45. The van der Waals surface area contributed by atoms with E-state index in [4.69, 9.17) is 4.74 Å². The zero-order valence-corrected chi connectivity index (χ0v) is 8.80. The van der Waals surface area contributed by atoms with E-state index in [1.165, 1.54) is 19.3 Å². The van der Waals surface area contributed by atoms with Crippen molar-refractivity contribution in [2.45, 2.75) is 37.7 Å². The zero-order chi connectivity index (χ0) is 9.86. The van der Waals surface area contributed by atoms with E-state index in [2.05, 4.69) is 5.32 Å². The minimum atomic E-state index is -0.498. The van der Waals surface area contributed by atoms with Crippen LogP contribution in [-0.4, -0.2) is 37.0 Å². The highest BCUT2D eigenvalue weighted by atomic mass is 16.5. The van der Waals surface area contributed by atoms with Gasteiger partial charge in [-0.05, 0) is 18.9 Å². The second kappa shape index (κ2) is 4.60. The van der Waals surface area contributed by atoms with E-state index in [0.29, 0.717) is 13.2 Å². The maximum atomic E-state index is 10.1. The van der Waals surface area contributed by atoms with E-state index in [0.717, 1.165) is 31.8 Å². The summed E-state index contributed by atoms with van der Waals surface area (Å²) in [4.78, 5) is 0. The molecule has 1 aliphatic heterocycles.